The zero-order chi connectivity index (χ0) is 17.8. The van der Waals surface area contributed by atoms with E-state index in [0.29, 0.717) is 6.04 Å². The van der Waals surface area contributed by atoms with Crippen LogP contribution in [-0.4, -0.2) is 35.6 Å². The van der Waals surface area contributed by atoms with Gasteiger partial charge in [-0.25, -0.2) is 4.98 Å². The number of pyridine rings is 2. The van der Waals surface area contributed by atoms with Crippen molar-refractivity contribution in [1.82, 2.24) is 15.3 Å². The molecule has 0 saturated carbocycles. The summed E-state index contributed by atoms with van der Waals surface area (Å²) in [5, 5.41) is 3.64. The number of nitrogens with zero attached hydrogens (tertiary/aromatic N) is 3. The van der Waals surface area contributed by atoms with E-state index in [-0.39, 0.29) is 0 Å². The van der Waals surface area contributed by atoms with E-state index in [1.165, 1.54) is 5.56 Å². The van der Waals surface area contributed by atoms with Crippen molar-refractivity contribution >= 4 is 21.7 Å². The maximum Gasteiger partial charge on any atom is 0.129 e. The zero-order valence-corrected chi connectivity index (χ0v) is 16.1. The van der Waals surface area contributed by atoms with Gasteiger partial charge in [0.25, 0.3) is 0 Å². The summed E-state index contributed by atoms with van der Waals surface area (Å²) in [5.41, 5.74) is 3.40. The zero-order valence-electron chi connectivity index (χ0n) is 14.5. The van der Waals surface area contributed by atoms with Gasteiger partial charge in [-0.15, -0.1) is 0 Å². The van der Waals surface area contributed by atoms with Crippen LogP contribution in [0.15, 0.2) is 71.5 Å². The van der Waals surface area contributed by atoms with Crippen molar-refractivity contribution in [1.29, 1.82) is 0 Å². The second-order valence-corrected chi connectivity index (χ2v) is 7.38. The van der Waals surface area contributed by atoms with Crippen LogP contribution in [0.4, 0.5) is 5.82 Å². The van der Waals surface area contributed by atoms with E-state index < -0.39 is 0 Å². The summed E-state index contributed by atoms with van der Waals surface area (Å²) in [6.07, 6.45) is 4.64. The van der Waals surface area contributed by atoms with Crippen LogP contribution in [0.5, 0.6) is 0 Å². The van der Waals surface area contributed by atoms with Crippen molar-refractivity contribution in [3.63, 3.8) is 0 Å². The van der Waals surface area contributed by atoms with E-state index in [1.54, 1.807) is 12.4 Å². The Labute approximate surface area is 162 Å². The standard InChI is InChI=1S/C21H21BrN4/c22-19-6-7-20(25-21(19)17-8-10-23-11-9-17)26-13-12-24-18(15-26)14-16-4-2-1-3-5-16/h1-11,18,24H,12-15H2. The molecular formula is C21H21BrN4. The topological polar surface area (TPSA) is 41.0 Å². The molecule has 3 aromatic rings. The second-order valence-electron chi connectivity index (χ2n) is 6.52. The van der Waals surface area contributed by atoms with Crippen LogP contribution in [0, 0.1) is 0 Å². The molecule has 2 aromatic heterocycles. The van der Waals surface area contributed by atoms with Crippen LogP contribution in [-0.2, 0) is 6.42 Å². The molecule has 1 atom stereocenters. The lowest BCUT2D eigenvalue weighted by molar-refractivity contribution is 0.453. The molecule has 4 nitrogen and oxygen atoms in total. The normalized spacial score (nSPS) is 17.3. The molecule has 5 heteroatoms. The molecule has 1 aromatic carbocycles. The highest BCUT2D eigenvalue weighted by molar-refractivity contribution is 9.10. The van der Waals surface area contributed by atoms with E-state index in [1.807, 2.05) is 12.1 Å². The fourth-order valence-electron chi connectivity index (χ4n) is 3.39. The van der Waals surface area contributed by atoms with Gasteiger partial charge in [0.2, 0.25) is 0 Å². The summed E-state index contributed by atoms with van der Waals surface area (Å²) in [5.74, 6) is 1.03. The van der Waals surface area contributed by atoms with Gasteiger partial charge in [-0.1, -0.05) is 30.3 Å². The molecule has 4 rings (SSSR count). The van der Waals surface area contributed by atoms with Crippen LogP contribution < -0.4 is 10.2 Å². The lowest BCUT2D eigenvalue weighted by atomic mass is 10.0. The monoisotopic (exact) mass is 408 g/mol. The van der Waals surface area contributed by atoms with Crippen LogP contribution in [0.2, 0.25) is 0 Å². The number of piperazine rings is 1. The van der Waals surface area contributed by atoms with E-state index in [4.69, 9.17) is 4.98 Å². The van der Waals surface area contributed by atoms with Gasteiger partial charge in [0.1, 0.15) is 5.82 Å². The first kappa shape index (κ1) is 17.2. The van der Waals surface area contributed by atoms with E-state index >= 15 is 0 Å². The Hall–Kier alpha value is -2.24. The summed E-state index contributed by atoms with van der Waals surface area (Å²) in [7, 11) is 0. The minimum Gasteiger partial charge on any atom is -0.354 e. The predicted octanol–water partition coefficient (Wildman–Crippen LogP) is 3.93. The predicted molar refractivity (Wildman–Crippen MR) is 109 cm³/mol. The first-order chi connectivity index (χ1) is 12.8. The molecule has 0 spiro atoms. The number of rotatable bonds is 4. The Balaban J connectivity index is 1.53. The van der Waals surface area contributed by atoms with Gasteiger partial charge in [-0.05, 0) is 52.2 Å². The summed E-state index contributed by atoms with van der Waals surface area (Å²) < 4.78 is 1.00. The highest BCUT2D eigenvalue weighted by atomic mass is 79.9. The Morgan fingerprint density at radius 2 is 1.85 bits per heavy atom. The molecule has 1 saturated heterocycles. The van der Waals surface area contributed by atoms with E-state index in [0.717, 1.165) is 47.6 Å². The molecule has 0 radical (unpaired) electrons. The third-order valence-electron chi connectivity index (χ3n) is 4.69. The highest BCUT2D eigenvalue weighted by Gasteiger charge is 2.21. The SMILES string of the molecule is Brc1ccc(N2CCNC(Cc3ccccc3)C2)nc1-c1ccncc1. The van der Waals surface area contributed by atoms with Crippen molar-refractivity contribution in [2.24, 2.45) is 0 Å². The Morgan fingerprint density at radius 3 is 2.65 bits per heavy atom. The summed E-state index contributed by atoms with van der Waals surface area (Å²) >= 11 is 3.63. The smallest absolute Gasteiger partial charge is 0.129 e. The van der Waals surface area contributed by atoms with Gasteiger partial charge in [0.05, 0.1) is 5.69 Å². The lowest BCUT2D eigenvalue weighted by Gasteiger charge is -2.35. The van der Waals surface area contributed by atoms with Gasteiger partial charge in [-0.2, -0.15) is 0 Å². The van der Waals surface area contributed by atoms with Crippen molar-refractivity contribution in [2.45, 2.75) is 12.5 Å². The molecule has 1 unspecified atom stereocenters. The van der Waals surface area contributed by atoms with Crippen molar-refractivity contribution in [2.75, 3.05) is 24.5 Å². The Morgan fingerprint density at radius 1 is 1.04 bits per heavy atom. The average Bonchev–Trinajstić information content (AvgIpc) is 2.70. The molecule has 132 valence electrons. The number of halogens is 1. The Kier molecular flexibility index (Phi) is 5.27. The molecule has 0 aliphatic carbocycles. The largest absolute Gasteiger partial charge is 0.354 e. The van der Waals surface area contributed by atoms with Gasteiger partial charge >= 0.3 is 0 Å². The minimum absolute atomic E-state index is 0.431. The number of benzene rings is 1. The first-order valence-electron chi connectivity index (χ1n) is 8.89. The minimum atomic E-state index is 0.431. The number of nitrogens with one attached hydrogen (secondary N) is 1. The fraction of sp³-hybridized carbons (Fsp3) is 0.238. The molecule has 1 fully saturated rings. The highest BCUT2D eigenvalue weighted by Crippen LogP contribution is 2.29. The molecule has 26 heavy (non-hydrogen) atoms. The molecule has 0 amide bonds. The first-order valence-corrected chi connectivity index (χ1v) is 9.68. The molecule has 1 N–H and O–H groups in total. The maximum atomic E-state index is 4.93. The van der Waals surface area contributed by atoms with Crippen LogP contribution >= 0.6 is 15.9 Å². The van der Waals surface area contributed by atoms with Crippen LogP contribution in [0.25, 0.3) is 11.3 Å². The van der Waals surface area contributed by atoms with Crippen LogP contribution in [0.3, 0.4) is 0 Å². The average molecular weight is 409 g/mol. The molecule has 3 heterocycles. The van der Waals surface area contributed by atoms with E-state index in [2.05, 4.69) is 73.6 Å². The number of hydrogen-bond donors (Lipinski definition) is 1. The fourth-order valence-corrected chi connectivity index (χ4v) is 3.84. The molecule has 0 bridgehead atoms. The lowest BCUT2D eigenvalue weighted by Crippen LogP contribution is -2.51. The van der Waals surface area contributed by atoms with Crippen LogP contribution in [0.1, 0.15) is 5.56 Å². The van der Waals surface area contributed by atoms with Gasteiger partial charge in [0, 0.05) is 48.1 Å². The number of anilines is 1. The van der Waals surface area contributed by atoms with Crippen molar-refractivity contribution in [3.8, 4) is 11.3 Å². The second kappa shape index (κ2) is 7.98. The number of aromatic nitrogens is 2. The number of hydrogen-bond acceptors (Lipinski definition) is 4. The third kappa shape index (κ3) is 3.94. The van der Waals surface area contributed by atoms with Crippen molar-refractivity contribution in [3.05, 3.63) is 77.0 Å². The van der Waals surface area contributed by atoms with Crippen molar-refractivity contribution < 1.29 is 0 Å². The Bertz CT molecular complexity index is 854. The summed E-state index contributed by atoms with van der Waals surface area (Å²) in [4.78, 5) is 11.4. The van der Waals surface area contributed by atoms with Gasteiger partial charge in [0.15, 0.2) is 0 Å². The molecule has 1 aliphatic heterocycles. The maximum absolute atomic E-state index is 4.93. The summed E-state index contributed by atoms with van der Waals surface area (Å²) in [6, 6.07) is 19.3. The molecule has 1 aliphatic rings. The van der Waals surface area contributed by atoms with Gasteiger partial charge < -0.3 is 10.2 Å². The van der Waals surface area contributed by atoms with Gasteiger partial charge in [-0.3, -0.25) is 4.98 Å². The third-order valence-corrected chi connectivity index (χ3v) is 5.33. The van der Waals surface area contributed by atoms with E-state index in [9.17, 15) is 0 Å². The molecular weight excluding hydrogens is 388 g/mol. The quantitative estimate of drug-likeness (QED) is 0.709. The summed E-state index contributed by atoms with van der Waals surface area (Å²) in [6.45, 7) is 2.90.